The molecule has 220 valence electrons. The van der Waals surface area contributed by atoms with Gasteiger partial charge >= 0.3 is 12.2 Å². The van der Waals surface area contributed by atoms with E-state index >= 15 is 0 Å². The maximum Gasteiger partial charge on any atom is 0.435 e. The predicted octanol–water partition coefficient (Wildman–Crippen LogP) is 4.70. The number of amides is 2. The molecule has 1 saturated heterocycles. The summed E-state index contributed by atoms with van der Waals surface area (Å²) in [6.07, 6.45) is 1.11. The minimum atomic E-state index is -0.707. The summed E-state index contributed by atoms with van der Waals surface area (Å²) in [5.41, 5.74) is 7.18. The Bertz CT molecular complexity index is 1180. The smallest absolute Gasteiger partial charge is 0.435 e. The molecule has 11 nitrogen and oxygen atoms in total. The molecule has 3 N–H and O–H groups in total. The summed E-state index contributed by atoms with van der Waals surface area (Å²) >= 11 is 0. The van der Waals surface area contributed by atoms with Gasteiger partial charge in [-0.3, -0.25) is 4.79 Å². The zero-order chi connectivity index (χ0) is 29.8. The molecule has 1 aromatic heterocycles. The molecule has 40 heavy (non-hydrogen) atoms. The highest BCUT2D eigenvalue weighted by Gasteiger charge is 2.27. The summed E-state index contributed by atoms with van der Waals surface area (Å²) in [7, 11) is 0. The van der Waals surface area contributed by atoms with Gasteiger partial charge < -0.3 is 30.3 Å². The number of nitrogens with one attached hydrogen (secondary N) is 1. The Morgan fingerprint density at radius 1 is 0.925 bits per heavy atom. The summed E-state index contributed by atoms with van der Waals surface area (Å²) in [6.45, 7) is 17.3. The van der Waals surface area contributed by atoms with Crippen LogP contribution in [0.15, 0.2) is 30.5 Å². The molecule has 1 atom stereocenters. The highest BCUT2D eigenvalue weighted by Crippen LogP contribution is 2.30. The molecule has 1 unspecified atom stereocenters. The predicted molar refractivity (Wildman–Crippen MR) is 155 cm³/mol. The summed E-state index contributed by atoms with van der Waals surface area (Å²) in [5, 5.41) is 7.13. The molecule has 1 aliphatic rings. The number of anilines is 2. The molecule has 11 heteroatoms. The average molecular weight is 557 g/mol. The Morgan fingerprint density at radius 2 is 1.48 bits per heavy atom. The summed E-state index contributed by atoms with van der Waals surface area (Å²) in [4.78, 5) is 41.9. The van der Waals surface area contributed by atoms with E-state index in [1.165, 1.54) is 0 Å². The Hall–Kier alpha value is -3.60. The number of aromatic nitrogens is 2. The van der Waals surface area contributed by atoms with Gasteiger partial charge in [0.25, 0.3) is 0 Å². The van der Waals surface area contributed by atoms with Crippen LogP contribution in [0.1, 0.15) is 61.8 Å². The average Bonchev–Trinajstić information content (AvgIpc) is 3.25. The van der Waals surface area contributed by atoms with Gasteiger partial charge in [-0.1, -0.05) is 26.0 Å². The minimum absolute atomic E-state index is 0.230. The first kappa shape index (κ1) is 30.9. The SMILES string of the molecule is CC(C)CC(N)C(=O)Nc1nn(C(=O)OC(C)(C)C)cc1-c1ccc(N2CCN(C(=O)OC(C)(C)C)CC2)cc1. The van der Waals surface area contributed by atoms with E-state index in [0.29, 0.717) is 38.2 Å². The lowest BCUT2D eigenvalue weighted by Gasteiger charge is -2.36. The molecular weight excluding hydrogens is 512 g/mol. The van der Waals surface area contributed by atoms with E-state index in [9.17, 15) is 14.4 Å². The van der Waals surface area contributed by atoms with E-state index in [4.69, 9.17) is 15.2 Å². The van der Waals surface area contributed by atoms with Crippen LogP contribution in [0, 0.1) is 5.92 Å². The number of hydrogen-bond donors (Lipinski definition) is 2. The van der Waals surface area contributed by atoms with Crippen LogP contribution in [0.4, 0.5) is 21.1 Å². The molecule has 1 aliphatic heterocycles. The van der Waals surface area contributed by atoms with Crippen LogP contribution in [0.2, 0.25) is 0 Å². The number of piperazine rings is 1. The molecule has 2 aromatic rings. The number of hydrogen-bond acceptors (Lipinski definition) is 8. The van der Waals surface area contributed by atoms with Gasteiger partial charge in [0.2, 0.25) is 5.91 Å². The van der Waals surface area contributed by atoms with E-state index in [1.807, 2.05) is 58.9 Å². The number of nitrogens with zero attached hydrogens (tertiary/aromatic N) is 4. The highest BCUT2D eigenvalue weighted by molar-refractivity contribution is 5.97. The number of carbonyl (C=O) groups excluding carboxylic acids is 3. The van der Waals surface area contributed by atoms with Crippen LogP contribution in [-0.2, 0) is 14.3 Å². The molecule has 2 amide bonds. The lowest BCUT2D eigenvalue weighted by atomic mass is 10.0. The van der Waals surface area contributed by atoms with Crippen molar-refractivity contribution >= 4 is 29.6 Å². The third-order valence-electron chi connectivity index (χ3n) is 6.07. The lowest BCUT2D eigenvalue weighted by Crippen LogP contribution is -2.50. The quantitative estimate of drug-likeness (QED) is 0.523. The number of rotatable bonds is 6. The zero-order valence-electron chi connectivity index (χ0n) is 25.0. The van der Waals surface area contributed by atoms with Gasteiger partial charge in [0.1, 0.15) is 11.2 Å². The van der Waals surface area contributed by atoms with Crippen molar-refractivity contribution in [2.75, 3.05) is 36.4 Å². The van der Waals surface area contributed by atoms with E-state index in [0.717, 1.165) is 15.9 Å². The zero-order valence-corrected chi connectivity index (χ0v) is 25.0. The molecule has 2 heterocycles. The van der Waals surface area contributed by atoms with Gasteiger partial charge in [0.15, 0.2) is 5.82 Å². The topological polar surface area (TPSA) is 132 Å². The second-order valence-corrected chi connectivity index (χ2v) is 12.5. The van der Waals surface area contributed by atoms with Crippen molar-refractivity contribution in [1.29, 1.82) is 0 Å². The highest BCUT2D eigenvalue weighted by atomic mass is 16.6. The van der Waals surface area contributed by atoms with Crippen molar-refractivity contribution in [1.82, 2.24) is 14.7 Å². The van der Waals surface area contributed by atoms with Gasteiger partial charge in [0, 0.05) is 43.6 Å². The fraction of sp³-hybridized carbons (Fsp3) is 0.586. The Kier molecular flexibility index (Phi) is 9.50. The first-order valence-electron chi connectivity index (χ1n) is 13.7. The Balaban J connectivity index is 1.78. The molecule has 0 spiro atoms. The normalized spacial score (nSPS) is 15.2. The van der Waals surface area contributed by atoms with Crippen LogP contribution < -0.4 is 16.0 Å². The number of benzene rings is 1. The molecule has 0 radical (unpaired) electrons. The fourth-order valence-corrected chi connectivity index (χ4v) is 4.23. The largest absolute Gasteiger partial charge is 0.444 e. The van der Waals surface area contributed by atoms with E-state index in [-0.39, 0.29) is 23.7 Å². The van der Waals surface area contributed by atoms with Crippen LogP contribution in [0.5, 0.6) is 0 Å². The van der Waals surface area contributed by atoms with Gasteiger partial charge in [0.05, 0.1) is 6.04 Å². The van der Waals surface area contributed by atoms with E-state index < -0.39 is 23.3 Å². The first-order valence-corrected chi connectivity index (χ1v) is 13.7. The van der Waals surface area contributed by atoms with Crippen LogP contribution in [-0.4, -0.2) is 76.2 Å². The molecule has 0 bridgehead atoms. The number of nitrogens with two attached hydrogens (primary N) is 1. The fourth-order valence-electron chi connectivity index (χ4n) is 4.23. The third kappa shape index (κ3) is 8.70. The second-order valence-electron chi connectivity index (χ2n) is 12.5. The Labute approximate surface area is 237 Å². The van der Waals surface area contributed by atoms with Crippen molar-refractivity contribution in [2.24, 2.45) is 11.7 Å². The molecule has 0 saturated carbocycles. The molecule has 3 rings (SSSR count). The molecule has 1 fully saturated rings. The van der Waals surface area contributed by atoms with Crippen molar-refractivity contribution in [3.05, 3.63) is 30.5 Å². The monoisotopic (exact) mass is 556 g/mol. The van der Waals surface area contributed by atoms with E-state index in [1.54, 1.807) is 31.9 Å². The summed E-state index contributed by atoms with van der Waals surface area (Å²) < 4.78 is 12.0. The Morgan fingerprint density at radius 3 is 2.00 bits per heavy atom. The van der Waals surface area contributed by atoms with Crippen molar-refractivity contribution in [3.63, 3.8) is 0 Å². The molecular formula is C29H44N6O5. The van der Waals surface area contributed by atoms with Gasteiger partial charge in [-0.15, -0.1) is 5.10 Å². The molecule has 0 aliphatic carbocycles. The first-order chi connectivity index (χ1) is 18.5. The van der Waals surface area contributed by atoms with Crippen molar-refractivity contribution < 1.29 is 23.9 Å². The van der Waals surface area contributed by atoms with Crippen molar-refractivity contribution in [2.45, 2.75) is 79.1 Å². The maximum atomic E-state index is 12.8. The van der Waals surface area contributed by atoms with Gasteiger partial charge in [-0.2, -0.15) is 4.68 Å². The summed E-state index contributed by atoms with van der Waals surface area (Å²) in [6, 6.07) is 7.06. The third-order valence-corrected chi connectivity index (χ3v) is 6.07. The number of carbonyl (C=O) groups is 3. The number of ether oxygens (including phenoxy) is 2. The maximum absolute atomic E-state index is 12.8. The van der Waals surface area contributed by atoms with Crippen LogP contribution in [0.3, 0.4) is 0 Å². The molecule has 1 aromatic carbocycles. The standard InChI is InChI=1S/C29H44N6O5/c1-19(2)17-23(30)25(36)31-24-22(18-35(32-24)27(38)40-29(6,7)8)20-9-11-21(12-10-20)33-13-15-34(16-14-33)26(37)39-28(3,4)5/h9-12,18-19,23H,13-17,30H2,1-8H3,(H,31,32,36). The second kappa shape index (κ2) is 12.3. The van der Waals surface area contributed by atoms with Gasteiger partial charge in [-0.25, -0.2) is 9.59 Å². The summed E-state index contributed by atoms with van der Waals surface area (Å²) in [5.74, 6) is 0.107. The minimum Gasteiger partial charge on any atom is -0.444 e. The van der Waals surface area contributed by atoms with Crippen LogP contribution in [0.25, 0.3) is 11.1 Å². The van der Waals surface area contributed by atoms with Crippen molar-refractivity contribution in [3.8, 4) is 11.1 Å². The van der Waals surface area contributed by atoms with Gasteiger partial charge in [-0.05, 0) is 71.6 Å². The van der Waals surface area contributed by atoms with Crippen LogP contribution >= 0.6 is 0 Å². The van der Waals surface area contributed by atoms with E-state index in [2.05, 4.69) is 15.3 Å². The lowest BCUT2D eigenvalue weighted by molar-refractivity contribution is -0.117.